The first-order chi connectivity index (χ1) is 12.3. The van der Waals surface area contributed by atoms with E-state index in [0.717, 1.165) is 17.0 Å². The molecule has 0 bridgehead atoms. The van der Waals surface area contributed by atoms with Crippen LogP contribution in [0.25, 0.3) is 11.4 Å². The fourth-order valence-corrected chi connectivity index (χ4v) is 5.01. The number of benzene rings is 1. The molecule has 1 N–H and O–H groups in total. The third kappa shape index (κ3) is 3.94. The first-order valence-electron chi connectivity index (χ1n) is 8.41. The van der Waals surface area contributed by atoms with E-state index in [1.54, 1.807) is 13.4 Å². The maximum absolute atomic E-state index is 12.4. The SMILES string of the molecule is Cc1c(NC(=O)CN(C)C2CCS(=O)(=O)C2)cccc1-c1nncn1C. The van der Waals surface area contributed by atoms with Crippen molar-refractivity contribution in [3.63, 3.8) is 0 Å². The van der Waals surface area contributed by atoms with E-state index in [0.29, 0.717) is 12.1 Å². The topological polar surface area (TPSA) is 97.2 Å². The van der Waals surface area contributed by atoms with E-state index in [1.807, 2.05) is 41.6 Å². The summed E-state index contributed by atoms with van der Waals surface area (Å²) >= 11 is 0. The van der Waals surface area contributed by atoms with E-state index in [9.17, 15) is 13.2 Å². The lowest BCUT2D eigenvalue weighted by molar-refractivity contribution is -0.117. The molecule has 1 aromatic heterocycles. The maximum atomic E-state index is 12.4. The number of aromatic nitrogens is 3. The van der Waals surface area contributed by atoms with Gasteiger partial charge < -0.3 is 9.88 Å². The largest absolute Gasteiger partial charge is 0.325 e. The number of carbonyl (C=O) groups is 1. The summed E-state index contributed by atoms with van der Waals surface area (Å²) in [7, 11) is 0.686. The van der Waals surface area contributed by atoms with Crippen molar-refractivity contribution < 1.29 is 13.2 Å². The molecule has 1 aromatic carbocycles. The van der Waals surface area contributed by atoms with E-state index in [-0.39, 0.29) is 30.0 Å². The van der Waals surface area contributed by atoms with Gasteiger partial charge >= 0.3 is 0 Å². The number of sulfone groups is 1. The highest BCUT2D eigenvalue weighted by atomic mass is 32.2. The fourth-order valence-electron chi connectivity index (χ4n) is 3.21. The predicted molar refractivity (Wildman–Crippen MR) is 99.5 cm³/mol. The molecule has 26 heavy (non-hydrogen) atoms. The monoisotopic (exact) mass is 377 g/mol. The lowest BCUT2D eigenvalue weighted by Gasteiger charge is -2.22. The van der Waals surface area contributed by atoms with Gasteiger partial charge in [-0.2, -0.15) is 0 Å². The number of nitrogens with one attached hydrogen (secondary N) is 1. The Morgan fingerprint density at radius 2 is 2.19 bits per heavy atom. The van der Waals surface area contributed by atoms with Crippen LogP contribution < -0.4 is 5.32 Å². The van der Waals surface area contributed by atoms with E-state index >= 15 is 0 Å². The quantitative estimate of drug-likeness (QED) is 0.830. The molecule has 9 heteroatoms. The Kier molecular flexibility index (Phi) is 5.10. The van der Waals surface area contributed by atoms with Gasteiger partial charge in [-0.25, -0.2) is 8.42 Å². The number of amides is 1. The minimum absolute atomic E-state index is 0.100. The smallest absolute Gasteiger partial charge is 0.238 e. The molecule has 0 radical (unpaired) electrons. The van der Waals surface area contributed by atoms with Crippen molar-refractivity contribution in [2.24, 2.45) is 7.05 Å². The normalized spacial score (nSPS) is 19.0. The average molecular weight is 377 g/mol. The van der Waals surface area contributed by atoms with Gasteiger partial charge in [0.05, 0.1) is 18.1 Å². The number of hydrogen-bond donors (Lipinski definition) is 1. The van der Waals surface area contributed by atoms with Gasteiger partial charge in [0.1, 0.15) is 6.33 Å². The van der Waals surface area contributed by atoms with Crippen LogP contribution in [0.3, 0.4) is 0 Å². The molecule has 1 amide bonds. The molecular formula is C17H23N5O3S. The van der Waals surface area contributed by atoms with Gasteiger partial charge in [0.25, 0.3) is 0 Å². The molecule has 2 aromatic rings. The van der Waals surface area contributed by atoms with E-state index in [4.69, 9.17) is 0 Å². The van der Waals surface area contributed by atoms with Crippen molar-refractivity contribution in [1.82, 2.24) is 19.7 Å². The van der Waals surface area contributed by atoms with Crippen molar-refractivity contribution in [2.45, 2.75) is 19.4 Å². The first kappa shape index (κ1) is 18.5. The molecule has 1 unspecified atom stereocenters. The number of nitrogens with zero attached hydrogens (tertiary/aromatic N) is 4. The number of carbonyl (C=O) groups excluding carboxylic acids is 1. The zero-order valence-corrected chi connectivity index (χ0v) is 16.0. The van der Waals surface area contributed by atoms with E-state index in [1.165, 1.54) is 0 Å². The standard InChI is InChI=1S/C17H23N5O3S/c1-12-14(17-20-18-11-22(17)3)5-4-6-15(12)19-16(23)9-21(2)13-7-8-26(24,25)10-13/h4-6,11,13H,7-10H2,1-3H3,(H,19,23). The van der Waals surface area contributed by atoms with Gasteiger partial charge in [-0.3, -0.25) is 9.69 Å². The molecule has 0 spiro atoms. The van der Waals surface area contributed by atoms with Crippen LogP contribution in [0.4, 0.5) is 5.69 Å². The summed E-state index contributed by atoms with van der Waals surface area (Å²) in [6.07, 6.45) is 2.21. The highest BCUT2D eigenvalue weighted by Gasteiger charge is 2.31. The van der Waals surface area contributed by atoms with Gasteiger partial charge in [-0.1, -0.05) is 12.1 Å². The molecule has 1 fully saturated rings. The van der Waals surface area contributed by atoms with Gasteiger partial charge in [-0.15, -0.1) is 10.2 Å². The molecule has 0 aliphatic carbocycles. The van der Waals surface area contributed by atoms with Crippen LogP contribution in [0.5, 0.6) is 0 Å². The maximum Gasteiger partial charge on any atom is 0.238 e. The molecule has 8 nitrogen and oxygen atoms in total. The van der Waals surface area contributed by atoms with Crippen LogP contribution in [0.1, 0.15) is 12.0 Å². The molecular weight excluding hydrogens is 354 g/mol. The summed E-state index contributed by atoms with van der Waals surface area (Å²) in [6, 6.07) is 5.54. The Morgan fingerprint density at radius 1 is 1.42 bits per heavy atom. The van der Waals surface area contributed by atoms with Crippen molar-refractivity contribution in [1.29, 1.82) is 0 Å². The molecule has 1 atom stereocenters. The summed E-state index contributed by atoms with van der Waals surface area (Å²) in [6.45, 7) is 2.07. The zero-order valence-electron chi connectivity index (χ0n) is 15.1. The second-order valence-corrected chi connectivity index (χ2v) is 8.99. The van der Waals surface area contributed by atoms with Crippen LogP contribution in [-0.4, -0.2) is 65.1 Å². The Hall–Kier alpha value is -2.26. The molecule has 1 saturated heterocycles. The highest BCUT2D eigenvalue weighted by Crippen LogP contribution is 2.26. The third-order valence-electron chi connectivity index (χ3n) is 4.78. The van der Waals surface area contributed by atoms with Crippen LogP contribution in [0.15, 0.2) is 24.5 Å². The van der Waals surface area contributed by atoms with Crippen molar-refractivity contribution in [2.75, 3.05) is 30.4 Å². The molecule has 3 rings (SSSR count). The van der Waals surface area contributed by atoms with Crippen LogP contribution in [-0.2, 0) is 21.7 Å². The number of rotatable bonds is 5. The lowest BCUT2D eigenvalue weighted by Crippen LogP contribution is -2.38. The Morgan fingerprint density at radius 3 is 2.81 bits per heavy atom. The molecule has 2 heterocycles. The molecule has 0 saturated carbocycles. The highest BCUT2D eigenvalue weighted by molar-refractivity contribution is 7.91. The molecule has 1 aliphatic rings. The van der Waals surface area contributed by atoms with Crippen molar-refractivity contribution >= 4 is 21.4 Å². The fraction of sp³-hybridized carbons (Fsp3) is 0.471. The van der Waals surface area contributed by atoms with Crippen molar-refractivity contribution in [3.8, 4) is 11.4 Å². The van der Waals surface area contributed by atoms with E-state index < -0.39 is 9.84 Å². The second-order valence-electron chi connectivity index (χ2n) is 6.76. The predicted octanol–water partition coefficient (Wildman–Crippen LogP) is 0.848. The summed E-state index contributed by atoms with van der Waals surface area (Å²) in [4.78, 5) is 14.2. The van der Waals surface area contributed by atoms with Gasteiger partial charge in [0, 0.05) is 24.3 Å². The summed E-state index contributed by atoms with van der Waals surface area (Å²) in [5.41, 5.74) is 2.52. The van der Waals surface area contributed by atoms with Crippen molar-refractivity contribution in [3.05, 3.63) is 30.1 Å². The molecule has 1 aliphatic heterocycles. The summed E-state index contributed by atoms with van der Waals surface area (Å²) < 4.78 is 25.0. The number of anilines is 1. The van der Waals surface area contributed by atoms with Gasteiger partial charge in [-0.05, 0) is 32.0 Å². The van der Waals surface area contributed by atoms with Gasteiger partial charge in [0.2, 0.25) is 5.91 Å². The Balaban J connectivity index is 1.69. The molecule has 140 valence electrons. The minimum Gasteiger partial charge on any atom is -0.325 e. The average Bonchev–Trinajstić information content (AvgIpc) is 3.15. The Labute approximate surface area is 153 Å². The second kappa shape index (κ2) is 7.16. The number of aryl methyl sites for hydroxylation is 1. The lowest BCUT2D eigenvalue weighted by atomic mass is 10.1. The summed E-state index contributed by atoms with van der Waals surface area (Å²) in [5.74, 6) is 0.877. The summed E-state index contributed by atoms with van der Waals surface area (Å²) in [5, 5.41) is 10.9. The third-order valence-corrected chi connectivity index (χ3v) is 6.54. The number of hydrogen-bond acceptors (Lipinski definition) is 6. The Bertz CT molecular complexity index is 922. The first-order valence-corrected chi connectivity index (χ1v) is 10.2. The van der Waals surface area contributed by atoms with Crippen LogP contribution in [0.2, 0.25) is 0 Å². The number of likely N-dealkylation sites (N-methyl/N-ethyl adjacent to an activating group) is 1. The van der Waals surface area contributed by atoms with Gasteiger partial charge in [0.15, 0.2) is 15.7 Å². The van der Waals surface area contributed by atoms with Crippen LogP contribution >= 0.6 is 0 Å². The minimum atomic E-state index is -2.97. The van der Waals surface area contributed by atoms with Crippen LogP contribution in [0, 0.1) is 6.92 Å². The zero-order chi connectivity index (χ0) is 18.9. The van der Waals surface area contributed by atoms with E-state index in [2.05, 4.69) is 15.5 Å².